The lowest BCUT2D eigenvalue weighted by molar-refractivity contribution is 0.397. The number of benzene rings is 1. The van der Waals surface area contributed by atoms with E-state index in [1.807, 2.05) is 24.4 Å². The van der Waals surface area contributed by atoms with Gasteiger partial charge in [0.25, 0.3) is 0 Å². The van der Waals surface area contributed by atoms with Crippen molar-refractivity contribution in [2.75, 3.05) is 36.5 Å². The summed E-state index contributed by atoms with van der Waals surface area (Å²) in [4.78, 5) is 8.96. The maximum atomic E-state index is 13.3. The van der Waals surface area contributed by atoms with E-state index < -0.39 is 0 Å². The lowest BCUT2D eigenvalue weighted by Crippen LogP contribution is -2.59. The highest BCUT2D eigenvalue weighted by Crippen LogP contribution is 2.34. The van der Waals surface area contributed by atoms with Gasteiger partial charge in [-0.2, -0.15) is 0 Å². The predicted molar refractivity (Wildman–Crippen MR) is 84.2 cm³/mol. The smallest absolute Gasteiger partial charge is 0.213 e. The topological polar surface area (TPSA) is 28.6 Å². The Kier molecular flexibility index (Phi) is 3.13. The number of aromatic nitrogens is 1. The van der Waals surface area contributed by atoms with Crippen LogP contribution in [0.3, 0.4) is 0 Å². The summed E-state index contributed by atoms with van der Waals surface area (Å²) in [6, 6.07) is 9.55. The minimum Gasteiger partial charge on any atom is -0.481 e. The molecule has 2 aliphatic rings. The van der Waals surface area contributed by atoms with Crippen molar-refractivity contribution in [3.05, 3.63) is 47.9 Å². The Hall–Kier alpha value is -2.30. The molecular weight excluding hydrogens is 281 g/mol. The number of fused-ring (bicyclic) bond motifs is 1. The molecule has 5 heteroatoms. The van der Waals surface area contributed by atoms with Gasteiger partial charge in [-0.1, -0.05) is 0 Å². The van der Waals surface area contributed by atoms with Crippen LogP contribution in [0.2, 0.25) is 0 Å². The molecule has 22 heavy (non-hydrogen) atoms. The minimum atomic E-state index is -0.139. The van der Waals surface area contributed by atoms with E-state index in [4.69, 9.17) is 4.74 Å². The summed E-state index contributed by atoms with van der Waals surface area (Å²) in [6.45, 7) is 2.94. The highest BCUT2D eigenvalue weighted by molar-refractivity contribution is 5.61. The highest BCUT2D eigenvalue weighted by Gasteiger charge is 2.35. The Labute approximate surface area is 129 Å². The third-order valence-electron chi connectivity index (χ3n) is 4.57. The van der Waals surface area contributed by atoms with Gasteiger partial charge in [-0.15, -0.1) is 0 Å². The zero-order valence-electron chi connectivity index (χ0n) is 12.5. The van der Waals surface area contributed by atoms with Crippen LogP contribution in [0.4, 0.5) is 15.8 Å². The van der Waals surface area contributed by atoms with Gasteiger partial charge in [0.1, 0.15) is 5.82 Å². The quantitative estimate of drug-likeness (QED) is 0.870. The molecule has 4 nitrogen and oxygen atoms in total. The van der Waals surface area contributed by atoms with Crippen LogP contribution in [0.15, 0.2) is 36.5 Å². The Bertz CT molecular complexity index is 683. The first-order valence-corrected chi connectivity index (χ1v) is 7.54. The van der Waals surface area contributed by atoms with E-state index in [0.29, 0.717) is 11.9 Å². The van der Waals surface area contributed by atoms with Crippen molar-refractivity contribution in [3.63, 3.8) is 0 Å². The maximum absolute atomic E-state index is 13.3. The lowest BCUT2D eigenvalue weighted by Gasteiger charge is -2.46. The van der Waals surface area contributed by atoms with Gasteiger partial charge in [-0.3, -0.25) is 0 Å². The second-order valence-corrected chi connectivity index (χ2v) is 5.83. The average Bonchev–Trinajstić information content (AvgIpc) is 2.89. The monoisotopic (exact) mass is 299 g/mol. The van der Waals surface area contributed by atoms with Crippen LogP contribution < -0.4 is 14.5 Å². The zero-order chi connectivity index (χ0) is 15.1. The van der Waals surface area contributed by atoms with Gasteiger partial charge < -0.3 is 14.5 Å². The number of hydrogen-bond donors (Lipinski definition) is 0. The summed E-state index contributed by atoms with van der Waals surface area (Å²) in [7, 11) is 1.62. The van der Waals surface area contributed by atoms with Crippen molar-refractivity contribution in [1.29, 1.82) is 0 Å². The number of pyridine rings is 1. The van der Waals surface area contributed by atoms with Gasteiger partial charge in [-0.25, -0.2) is 9.37 Å². The number of anilines is 2. The van der Waals surface area contributed by atoms with Crippen LogP contribution in [0.25, 0.3) is 0 Å². The van der Waals surface area contributed by atoms with Crippen LogP contribution in [-0.2, 0) is 6.42 Å². The molecule has 4 rings (SSSR count). The molecule has 0 saturated carbocycles. The summed E-state index contributed by atoms with van der Waals surface area (Å²) in [6.07, 6.45) is 2.79. The maximum Gasteiger partial charge on any atom is 0.213 e. The number of nitrogens with zero attached hydrogens (tertiary/aromatic N) is 3. The Morgan fingerprint density at radius 1 is 1.23 bits per heavy atom. The fraction of sp³-hybridized carbons (Fsp3) is 0.353. The largest absolute Gasteiger partial charge is 0.481 e. The molecule has 114 valence electrons. The van der Waals surface area contributed by atoms with Crippen LogP contribution in [0, 0.1) is 5.82 Å². The Balaban J connectivity index is 1.44. The molecule has 0 unspecified atom stereocenters. The summed E-state index contributed by atoms with van der Waals surface area (Å²) >= 11 is 0. The van der Waals surface area contributed by atoms with E-state index in [1.54, 1.807) is 19.2 Å². The van der Waals surface area contributed by atoms with Crippen molar-refractivity contribution in [2.45, 2.75) is 12.5 Å². The molecule has 3 heterocycles. The molecule has 1 saturated heterocycles. The Morgan fingerprint density at radius 2 is 2.09 bits per heavy atom. The summed E-state index contributed by atoms with van der Waals surface area (Å²) < 4.78 is 18.4. The van der Waals surface area contributed by atoms with E-state index in [1.165, 1.54) is 5.69 Å². The van der Waals surface area contributed by atoms with Gasteiger partial charge in [-0.05, 0) is 36.2 Å². The fourth-order valence-corrected chi connectivity index (χ4v) is 3.32. The van der Waals surface area contributed by atoms with E-state index in [9.17, 15) is 4.39 Å². The van der Waals surface area contributed by atoms with E-state index in [2.05, 4.69) is 14.8 Å². The second kappa shape index (κ2) is 5.16. The molecule has 2 aromatic rings. The molecule has 1 aromatic carbocycles. The molecule has 0 radical (unpaired) electrons. The van der Waals surface area contributed by atoms with Crippen molar-refractivity contribution in [1.82, 2.24) is 4.98 Å². The van der Waals surface area contributed by atoms with Gasteiger partial charge in [0, 0.05) is 31.4 Å². The van der Waals surface area contributed by atoms with Crippen molar-refractivity contribution in [2.24, 2.45) is 0 Å². The van der Waals surface area contributed by atoms with E-state index in [0.717, 1.165) is 37.3 Å². The molecule has 0 N–H and O–H groups in total. The predicted octanol–water partition coefficient (Wildman–Crippen LogP) is 2.48. The molecule has 2 aliphatic heterocycles. The summed E-state index contributed by atoms with van der Waals surface area (Å²) in [5.41, 5.74) is 3.44. The third kappa shape index (κ3) is 2.17. The van der Waals surface area contributed by atoms with Gasteiger partial charge >= 0.3 is 0 Å². The lowest BCUT2D eigenvalue weighted by atomic mass is 10.1. The van der Waals surface area contributed by atoms with E-state index in [-0.39, 0.29) is 5.82 Å². The third-order valence-corrected chi connectivity index (χ3v) is 4.57. The normalized spacial score (nSPS) is 17.4. The molecule has 0 atom stereocenters. The molecular formula is C17H18FN3O. The number of methoxy groups -OCH3 is 1. The van der Waals surface area contributed by atoms with Crippen molar-refractivity contribution >= 4 is 11.4 Å². The Morgan fingerprint density at radius 3 is 2.82 bits per heavy atom. The van der Waals surface area contributed by atoms with Crippen LogP contribution in [0.1, 0.15) is 5.56 Å². The van der Waals surface area contributed by atoms with Crippen molar-refractivity contribution in [3.8, 4) is 5.88 Å². The number of hydrogen-bond acceptors (Lipinski definition) is 4. The molecule has 1 fully saturated rings. The van der Waals surface area contributed by atoms with E-state index >= 15 is 0 Å². The highest BCUT2D eigenvalue weighted by atomic mass is 19.1. The van der Waals surface area contributed by atoms with Gasteiger partial charge in [0.05, 0.1) is 25.0 Å². The molecule has 0 bridgehead atoms. The van der Waals surface area contributed by atoms with Crippen LogP contribution >= 0.6 is 0 Å². The zero-order valence-corrected chi connectivity index (χ0v) is 12.5. The first-order chi connectivity index (χ1) is 10.7. The number of halogens is 1. The van der Waals surface area contributed by atoms with Gasteiger partial charge in [0.15, 0.2) is 0 Å². The SMILES string of the molecule is COc1ccc(N2CC(N3CCc4cc(F)ccc43)C2)cn1. The molecule has 1 aromatic heterocycles. The summed E-state index contributed by atoms with van der Waals surface area (Å²) in [5.74, 6) is 0.497. The first-order valence-electron chi connectivity index (χ1n) is 7.54. The van der Waals surface area contributed by atoms with Gasteiger partial charge in [0.2, 0.25) is 5.88 Å². The minimum absolute atomic E-state index is 0.139. The number of ether oxygens (including phenoxy) is 1. The fourth-order valence-electron chi connectivity index (χ4n) is 3.32. The standard InChI is InChI=1S/C17H18FN3O/c1-22-17-5-3-14(9-19-17)20-10-15(11-20)21-7-6-12-8-13(18)2-4-16(12)21/h2-5,8-9,15H,6-7,10-11H2,1H3. The second-order valence-electron chi connectivity index (χ2n) is 5.83. The average molecular weight is 299 g/mol. The first kappa shape index (κ1) is 13.4. The van der Waals surface area contributed by atoms with Crippen molar-refractivity contribution < 1.29 is 9.13 Å². The number of rotatable bonds is 3. The molecule has 0 aliphatic carbocycles. The van der Waals surface area contributed by atoms with Crippen LogP contribution in [-0.4, -0.2) is 37.8 Å². The van der Waals surface area contributed by atoms with Crippen LogP contribution in [0.5, 0.6) is 5.88 Å². The molecule has 0 amide bonds. The molecule has 0 spiro atoms. The summed E-state index contributed by atoms with van der Waals surface area (Å²) in [5, 5.41) is 0.